The number of hydrazine groups is 1. The SMILES string of the molecule is CCCCCCCCC(NN)c1cncc(C)c1. The van der Waals surface area contributed by atoms with E-state index in [1.165, 1.54) is 49.7 Å². The van der Waals surface area contributed by atoms with Crippen LogP contribution >= 0.6 is 0 Å². The second kappa shape index (κ2) is 9.06. The summed E-state index contributed by atoms with van der Waals surface area (Å²) in [5.74, 6) is 5.64. The molecule has 1 heterocycles. The minimum atomic E-state index is 0.239. The van der Waals surface area contributed by atoms with Gasteiger partial charge in [0.15, 0.2) is 0 Å². The van der Waals surface area contributed by atoms with Crippen molar-refractivity contribution >= 4 is 0 Å². The van der Waals surface area contributed by atoms with Crippen molar-refractivity contribution < 1.29 is 0 Å². The smallest absolute Gasteiger partial charge is 0.0475 e. The molecule has 3 nitrogen and oxygen atoms in total. The Morgan fingerprint density at radius 1 is 1.17 bits per heavy atom. The number of nitrogens with two attached hydrogens (primary N) is 1. The monoisotopic (exact) mass is 249 g/mol. The molecule has 1 unspecified atom stereocenters. The van der Waals surface area contributed by atoms with Gasteiger partial charge in [0.1, 0.15) is 0 Å². The zero-order valence-corrected chi connectivity index (χ0v) is 11.8. The van der Waals surface area contributed by atoms with Crippen LogP contribution in [0, 0.1) is 6.92 Å². The van der Waals surface area contributed by atoms with E-state index in [1.807, 2.05) is 12.4 Å². The number of rotatable bonds is 9. The highest BCUT2D eigenvalue weighted by Crippen LogP contribution is 2.19. The van der Waals surface area contributed by atoms with Crippen molar-refractivity contribution in [1.29, 1.82) is 0 Å². The maximum Gasteiger partial charge on any atom is 0.0475 e. The lowest BCUT2D eigenvalue weighted by Crippen LogP contribution is -2.28. The summed E-state index contributed by atoms with van der Waals surface area (Å²) in [6.07, 6.45) is 12.8. The molecule has 0 radical (unpaired) electrons. The largest absolute Gasteiger partial charge is 0.271 e. The molecule has 0 spiro atoms. The van der Waals surface area contributed by atoms with Crippen LogP contribution < -0.4 is 11.3 Å². The van der Waals surface area contributed by atoms with Gasteiger partial charge in [0.05, 0.1) is 0 Å². The van der Waals surface area contributed by atoms with Crippen molar-refractivity contribution in [3.05, 3.63) is 29.6 Å². The molecule has 1 atom stereocenters. The van der Waals surface area contributed by atoms with Crippen molar-refractivity contribution in [2.45, 2.75) is 64.8 Å². The molecule has 3 N–H and O–H groups in total. The Kier molecular flexibility index (Phi) is 7.62. The van der Waals surface area contributed by atoms with Gasteiger partial charge in [0.25, 0.3) is 0 Å². The van der Waals surface area contributed by atoms with E-state index in [0.29, 0.717) is 0 Å². The molecular weight excluding hydrogens is 222 g/mol. The van der Waals surface area contributed by atoms with E-state index in [2.05, 4.69) is 30.3 Å². The fourth-order valence-corrected chi connectivity index (χ4v) is 2.24. The lowest BCUT2D eigenvalue weighted by atomic mass is 10.0. The van der Waals surface area contributed by atoms with Crippen LogP contribution in [0.5, 0.6) is 0 Å². The molecule has 1 aromatic rings. The van der Waals surface area contributed by atoms with Crippen molar-refractivity contribution in [1.82, 2.24) is 10.4 Å². The van der Waals surface area contributed by atoms with Crippen molar-refractivity contribution in [3.63, 3.8) is 0 Å². The van der Waals surface area contributed by atoms with Crippen molar-refractivity contribution in [3.8, 4) is 0 Å². The summed E-state index contributed by atoms with van der Waals surface area (Å²) < 4.78 is 0. The summed E-state index contributed by atoms with van der Waals surface area (Å²) in [6, 6.07) is 2.40. The normalized spacial score (nSPS) is 12.6. The molecule has 0 aliphatic rings. The Morgan fingerprint density at radius 2 is 1.89 bits per heavy atom. The summed E-state index contributed by atoms with van der Waals surface area (Å²) in [7, 11) is 0. The zero-order chi connectivity index (χ0) is 13.2. The number of hydrogen-bond acceptors (Lipinski definition) is 3. The van der Waals surface area contributed by atoms with E-state index >= 15 is 0 Å². The maximum absolute atomic E-state index is 5.64. The Hall–Kier alpha value is -0.930. The van der Waals surface area contributed by atoms with Gasteiger partial charge < -0.3 is 0 Å². The predicted octanol–water partition coefficient (Wildman–Crippen LogP) is 3.65. The molecule has 102 valence electrons. The number of nitrogens with zero attached hydrogens (tertiary/aromatic N) is 1. The van der Waals surface area contributed by atoms with Gasteiger partial charge in [-0.05, 0) is 24.5 Å². The summed E-state index contributed by atoms with van der Waals surface area (Å²) >= 11 is 0. The molecule has 0 bridgehead atoms. The molecule has 3 heteroatoms. The first-order valence-electron chi connectivity index (χ1n) is 7.15. The van der Waals surface area contributed by atoms with Crippen LogP contribution in [0.2, 0.25) is 0 Å². The first kappa shape index (κ1) is 15.1. The molecule has 0 aromatic carbocycles. The molecule has 0 aliphatic heterocycles. The third-order valence-corrected chi connectivity index (χ3v) is 3.35. The average molecular weight is 249 g/mol. The first-order valence-corrected chi connectivity index (χ1v) is 7.15. The van der Waals surface area contributed by atoms with Gasteiger partial charge >= 0.3 is 0 Å². The van der Waals surface area contributed by atoms with E-state index in [9.17, 15) is 0 Å². The Labute approximate surface area is 111 Å². The van der Waals surface area contributed by atoms with Crippen LogP contribution in [-0.2, 0) is 0 Å². The van der Waals surface area contributed by atoms with E-state index in [1.54, 1.807) is 0 Å². The molecule has 1 rings (SSSR count). The Bertz CT molecular complexity index is 325. The van der Waals surface area contributed by atoms with Gasteiger partial charge in [0, 0.05) is 18.4 Å². The molecule has 0 amide bonds. The zero-order valence-electron chi connectivity index (χ0n) is 11.8. The number of nitrogens with one attached hydrogen (secondary N) is 1. The highest BCUT2D eigenvalue weighted by molar-refractivity contribution is 5.19. The molecule has 18 heavy (non-hydrogen) atoms. The van der Waals surface area contributed by atoms with Crippen LogP contribution in [0.15, 0.2) is 18.5 Å². The van der Waals surface area contributed by atoms with Crippen LogP contribution in [-0.4, -0.2) is 4.98 Å². The fraction of sp³-hybridized carbons (Fsp3) is 0.667. The lowest BCUT2D eigenvalue weighted by Gasteiger charge is -2.16. The summed E-state index contributed by atoms with van der Waals surface area (Å²) in [5.41, 5.74) is 5.30. The van der Waals surface area contributed by atoms with E-state index in [-0.39, 0.29) is 6.04 Å². The van der Waals surface area contributed by atoms with Gasteiger partial charge in [-0.25, -0.2) is 0 Å². The molecule has 0 aliphatic carbocycles. The van der Waals surface area contributed by atoms with Crippen LogP contribution in [0.3, 0.4) is 0 Å². The second-order valence-electron chi connectivity index (χ2n) is 5.07. The number of aromatic nitrogens is 1. The fourth-order valence-electron chi connectivity index (χ4n) is 2.24. The van der Waals surface area contributed by atoms with Gasteiger partial charge in [0.2, 0.25) is 0 Å². The van der Waals surface area contributed by atoms with Gasteiger partial charge in [-0.3, -0.25) is 16.3 Å². The van der Waals surface area contributed by atoms with Crippen molar-refractivity contribution in [2.75, 3.05) is 0 Å². The van der Waals surface area contributed by atoms with Crippen LogP contribution in [0.4, 0.5) is 0 Å². The quantitative estimate of drug-likeness (QED) is 0.399. The minimum absolute atomic E-state index is 0.239. The van der Waals surface area contributed by atoms with Gasteiger partial charge in [-0.2, -0.15) is 0 Å². The third kappa shape index (κ3) is 5.61. The summed E-state index contributed by atoms with van der Waals surface area (Å²) in [5, 5.41) is 0. The second-order valence-corrected chi connectivity index (χ2v) is 5.07. The number of unbranched alkanes of at least 4 members (excludes halogenated alkanes) is 5. The average Bonchev–Trinajstić information content (AvgIpc) is 2.38. The minimum Gasteiger partial charge on any atom is -0.271 e. The van der Waals surface area contributed by atoms with E-state index in [4.69, 9.17) is 5.84 Å². The number of aryl methyl sites for hydroxylation is 1. The molecular formula is C15H27N3. The van der Waals surface area contributed by atoms with Crippen molar-refractivity contribution in [2.24, 2.45) is 5.84 Å². The highest BCUT2D eigenvalue weighted by atomic mass is 15.2. The summed E-state index contributed by atoms with van der Waals surface area (Å²) in [4.78, 5) is 4.23. The Morgan fingerprint density at radius 3 is 2.56 bits per heavy atom. The molecule has 0 fully saturated rings. The van der Waals surface area contributed by atoms with E-state index < -0.39 is 0 Å². The van der Waals surface area contributed by atoms with Gasteiger partial charge in [-0.15, -0.1) is 0 Å². The highest BCUT2D eigenvalue weighted by Gasteiger charge is 2.09. The summed E-state index contributed by atoms with van der Waals surface area (Å²) in [6.45, 7) is 4.31. The van der Waals surface area contributed by atoms with E-state index in [0.717, 1.165) is 6.42 Å². The Balaban J connectivity index is 2.29. The third-order valence-electron chi connectivity index (χ3n) is 3.35. The predicted molar refractivity (Wildman–Crippen MR) is 77.0 cm³/mol. The molecule has 1 aromatic heterocycles. The van der Waals surface area contributed by atoms with Gasteiger partial charge in [-0.1, -0.05) is 51.5 Å². The molecule has 0 saturated heterocycles. The lowest BCUT2D eigenvalue weighted by molar-refractivity contribution is 0.476. The topological polar surface area (TPSA) is 50.9 Å². The number of pyridine rings is 1. The van der Waals surface area contributed by atoms with Crippen LogP contribution in [0.1, 0.15) is 69.0 Å². The maximum atomic E-state index is 5.64. The number of hydrogen-bond donors (Lipinski definition) is 2. The first-order chi connectivity index (χ1) is 8.77. The molecule has 0 saturated carbocycles. The van der Waals surface area contributed by atoms with Crippen LogP contribution in [0.25, 0.3) is 0 Å². The standard InChI is InChI=1S/C15H27N3/c1-3-4-5-6-7-8-9-15(18-16)14-10-13(2)11-17-12-14/h10-12,15,18H,3-9,16H2,1-2H3.